The third-order valence-corrected chi connectivity index (χ3v) is 5.44. The van der Waals surface area contributed by atoms with Gasteiger partial charge in [0, 0.05) is 19.0 Å². The fraction of sp³-hybridized carbons (Fsp3) is 0.632. The number of carbonyl (C=O) groups is 1. The summed E-state index contributed by atoms with van der Waals surface area (Å²) in [5.74, 6) is 3.21. The summed E-state index contributed by atoms with van der Waals surface area (Å²) in [4.78, 5) is 19.3. The number of rotatable bonds is 3. The van der Waals surface area contributed by atoms with Gasteiger partial charge in [-0.05, 0) is 44.7 Å². The van der Waals surface area contributed by atoms with E-state index in [0.29, 0.717) is 29.9 Å². The molecule has 3 heterocycles. The van der Waals surface area contributed by atoms with Crippen molar-refractivity contribution in [3.8, 4) is 11.6 Å². The Morgan fingerprint density at radius 1 is 1.16 bits per heavy atom. The Morgan fingerprint density at radius 2 is 2.00 bits per heavy atom. The van der Waals surface area contributed by atoms with Crippen molar-refractivity contribution in [3.63, 3.8) is 0 Å². The molecule has 1 amide bonds. The predicted octanol–water partition coefficient (Wildman–Crippen LogP) is 3.92. The molecule has 1 aliphatic heterocycles. The molecule has 0 aromatic carbocycles. The second-order valence-electron chi connectivity index (χ2n) is 7.32. The third-order valence-electron chi connectivity index (χ3n) is 5.44. The van der Waals surface area contributed by atoms with E-state index in [9.17, 15) is 4.79 Å². The first-order valence-corrected chi connectivity index (χ1v) is 9.40. The Hall–Kier alpha value is -2.11. The smallest absolute Gasteiger partial charge is 0.238 e. The van der Waals surface area contributed by atoms with Crippen molar-refractivity contribution in [3.05, 3.63) is 23.8 Å². The highest BCUT2D eigenvalue weighted by Gasteiger charge is 2.32. The first-order chi connectivity index (χ1) is 12.2. The second-order valence-corrected chi connectivity index (χ2v) is 7.32. The van der Waals surface area contributed by atoms with Crippen LogP contribution in [-0.4, -0.2) is 34.0 Å². The zero-order valence-electron chi connectivity index (χ0n) is 14.7. The molecule has 0 N–H and O–H groups in total. The van der Waals surface area contributed by atoms with Gasteiger partial charge in [-0.2, -0.15) is 4.98 Å². The molecule has 4 rings (SSSR count). The highest BCUT2D eigenvalue weighted by atomic mass is 16.5. The van der Waals surface area contributed by atoms with Crippen LogP contribution in [-0.2, 0) is 4.79 Å². The SMILES string of the molecule is Cc1ccc(-c2noc([C@@H]3CCCN(C(=O)C4CCCCC4)C3)n2)o1. The van der Waals surface area contributed by atoms with Crippen molar-refractivity contribution in [1.29, 1.82) is 0 Å². The molecule has 1 atom stereocenters. The molecule has 1 saturated carbocycles. The quantitative estimate of drug-likeness (QED) is 0.844. The van der Waals surface area contributed by atoms with Crippen LogP contribution in [0, 0.1) is 12.8 Å². The van der Waals surface area contributed by atoms with Gasteiger partial charge in [0.1, 0.15) is 5.76 Å². The number of hydrogen-bond donors (Lipinski definition) is 0. The van der Waals surface area contributed by atoms with Crippen LogP contribution >= 0.6 is 0 Å². The molecule has 6 heteroatoms. The summed E-state index contributed by atoms with van der Waals surface area (Å²) >= 11 is 0. The zero-order valence-corrected chi connectivity index (χ0v) is 14.7. The molecule has 0 unspecified atom stereocenters. The number of aromatic nitrogens is 2. The van der Waals surface area contributed by atoms with Gasteiger partial charge in [-0.1, -0.05) is 24.4 Å². The highest BCUT2D eigenvalue weighted by Crippen LogP contribution is 2.31. The van der Waals surface area contributed by atoms with Gasteiger partial charge in [0.15, 0.2) is 5.76 Å². The molecule has 0 spiro atoms. The lowest BCUT2D eigenvalue weighted by Crippen LogP contribution is -2.42. The molecule has 6 nitrogen and oxygen atoms in total. The van der Waals surface area contributed by atoms with E-state index in [1.54, 1.807) is 0 Å². The largest absolute Gasteiger partial charge is 0.458 e. The fourth-order valence-corrected chi connectivity index (χ4v) is 4.04. The minimum Gasteiger partial charge on any atom is -0.458 e. The van der Waals surface area contributed by atoms with Crippen LogP contribution in [0.2, 0.25) is 0 Å². The standard InChI is InChI=1S/C19H25N3O3/c1-13-9-10-16(24-13)17-20-18(25-21-17)15-8-5-11-22(12-15)19(23)14-6-3-2-4-7-14/h9-10,14-15H,2-8,11-12H2,1H3/t15-/m1/s1. The lowest BCUT2D eigenvalue weighted by molar-refractivity contribution is -0.137. The van der Waals surface area contributed by atoms with Crippen molar-refractivity contribution in [2.24, 2.45) is 5.92 Å². The van der Waals surface area contributed by atoms with E-state index >= 15 is 0 Å². The number of carbonyl (C=O) groups excluding carboxylic acids is 1. The van der Waals surface area contributed by atoms with Gasteiger partial charge in [0.2, 0.25) is 17.6 Å². The van der Waals surface area contributed by atoms with Crippen LogP contribution < -0.4 is 0 Å². The molecule has 0 bridgehead atoms. The average molecular weight is 343 g/mol. The first kappa shape index (κ1) is 16.4. The molecular weight excluding hydrogens is 318 g/mol. The van der Waals surface area contributed by atoms with Gasteiger partial charge in [-0.3, -0.25) is 4.79 Å². The van der Waals surface area contributed by atoms with E-state index in [0.717, 1.165) is 38.0 Å². The Kier molecular flexibility index (Phi) is 4.59. The normalized spacial score (nSPS) is 22.3. The van der Waals surface area contributed by atoms with Crippen LogP contribution in [0.5, 0.6) is 0 Å². The van der Waals surface area contributed by atoms with Crippen LogP contribution in [0.1, 0.15) is 62.5 Å². The van der Waals surface area contributed by atoms with E-state index in [1.165, 1.54) is 19.3 Å². The molecule has 0 radical (unpaired) electrons. The number of likely N-dealkylation sites (tertiary alicyclic amines) is 1. The summed E-state index contributed by atoms with van der Waals surface area (Å²) in [6.45, 7) is 3.43. The van der Waals surface area contributed by atoms with Crippen LogP contribution in [0.25, 0.3) is 11.6 Å². The maximum atomic E-state index is 12.8. The van der Waals surface area contributed by atoms with E-state index in [4.69, 9.17) is 8.94 Å². The Balaban J connectivity index is 1.44. The molecule has 2 aromatic rings. The summed E-state index contributed by atoms with van der Waals surface area (Å²) in [6, 6.07) is 3.74. The minimum absolute atomic E-state index is 0.124. The number of aryl methyl sites for hydroxylation is 1. The Labute approximate surface area is 147 Å². The fourth-order valence-electron chi connectivity index (χ4n) is 4.04. The van der Waals surface area contributed by atoms with E-state index in [1.807, 2.05) is 24.0 Å². The molecule has 2 aliphatic rings. The van der Waals surface area contributed by atoms with Crippen LogP contribution in [0.15, 0.2) is 21.1 Å². The summed E-state index contributed by atoms with van der Waals surface area (Å²) in [5, 5.41) is 4.05. The molecule has 2 fully saturated rings. The molecule has 25 heavy (non-hydrogen) atoms. The summed E-state index contributed by atoms with van der Waals surface area (Å²) in [7, 11) is 0. The topological polar surface area (TPSA) is 72.4 Å². The minimum atomic E-state index is 0.124. The van der Waals surface area contributed by atoms with Crippen molar-refractivity contribution < 1.29 is 13.7 Å². The van der Waals surface area contributed by atoms with E-state index < -0.39 is 0 Å². The van der Waals surface area contributed by atoms with Gasteiger partial charge >= 0.3 is 0 Å². The Morgan fingerprint density at radius 3 is 2.76 bits per heavy atom. The number of furan rings is 1. The number of amides is 1. The van der Waals surface area contributed by atoms with Crippen LogP contribution in [0.3, 0.4) is 0 Å². The summed E-state index contributed by atoms with van der Waals surface area (Å²) < 4.78 is 11.0. The third kappa shape index (κ3) is 3.48. The highest BCUT2D eigenvalue weighted by molar-refractivity contribution is 5.79. The van der Waals surface area contributed by atoms with Gasteiger partial charge in [-0.15, -0.1) is 0 Å². The van der Waals surface area contributed by atoms with Crippen molar-refractivity contribution in [2.75, 3.05) is 13.1 Å². The number of piperidine rings is 1. The summed E-state index contributed by atoms with van der Waals surface area (Å²) in [6.07, 6.45) is 7.69. The second kappa shape index (κ2) is 7.02. The molecule has 1 aliphatic carbocycles. The maximum absolute atomic E-state index is 12.8. The zero-order chi connectivity index (χ0) is 17.2. The van der Waals surface area contributed by atoms with Crippen molar-refractivity contribution in [1.82, 2.24) is 15.0 Å². The van der Waals surface area contributed by atoms with E-state index in [2.05, 4.69) is 10.1 Å². The van der Waals surface area contributed by atoms with Gasteiger partial charge in [0.25, 0.3) is 0 Å². The predicted molar refractivity (Wildman–Crippen MR) is 91.9 cm³/mol. The first-order valence-electron chi connectivity index (χ1n) is 9.40. The lowest BCUT2D eigenvalue weighted by atomic mass is 9.87. The average Bonchev–Trinajstić information content (AvgIpc) is 3.31. The lowest BCUT2D eigenvalue weighted by Gasteiger charge is -2.34. The molecule has 134 valence electrons. The van der Waals surface area contributed by atoms with E-state index in [-0.39, 0.29) is 11.8 Å². The van der Waals surface area contributed by atoms with Crippen molar-refractivity contribution in [2.45, 2.75) is 57.8 Å². The maximum Gasteiger partial charge on any atom is 0.238 e. The molecular formula is C19H25N3O3. The summed E-state index contributed by atoms with van der Waals surface area (Å²) in [5.41, 5.74) is 0. The molecule has 2 aromatic heterocycles. The monoisotopic (exact) mass is 343 g/mol. The van der Waals surface area contributed by atoms with Gasteiger partial charge in [-0.25, -0.2) is 0 Å². The number of hydrogen-bond acceptors (Lipinski definition) is 5. The van der Waals surface area contributed by atoms with Crippen LogP contribution in [0.4, 0.5) is 0 Å². The van der Waals surface area contributed by atoms with Crippen molar-refractivity contribution >= 4 is 5.91 Å². The van der Waals surface area contributed by atoms with Gasteiger partial charge < -0.3 is 13.8 Å². The number of nitrogens with zero attached hydrogens (tertiary/aromatic N) is 3. The Bertz CT molecular complexity index is 730. The van der Waals surface area contributed by atoms with Gasteiger partial charge in [0.05, 0.1) is 5.92 Å². The molecule has 1 saturated heterocycles.